The number of morpholine rings is 1. The Morgan fingerprint density at radius 2 is 1.72 bits per heavy atom. The normalized spacial score (nSPS) is 14.0. The number of fused-ring (bicyclic) bond motifs is 1. The van der Waals surface area contributed by atoms with Crippen LogP contribution >= 0.6 is 11.6 Å². The first-order valence-corrected chi connectivity index (χ1v) is 15.5. The molecule has 0 amide bonds. The minimum atomic E-state index is -3.57. The van der Waals surface area contributed by atoms with Gasteiger partial charge in [0.15, 0.2) is 0 Å². The third kappa shape index (κ3) is 6.42. The summed E-state index contributed by atoms with van der Waals surface area (Å²) in [7, 11) is -1.94. The molecular weight excluding hydrogens is 588 g/mol. The quantitative estimate of drug-likeness (QED) is 0.206. The van der Waals surface area contributed by atoms with E-state index in [-0.39, 0.29) is 4.90 Å². The van der Waals surface area contributed by atoms with Crippen LogP contribution in [0.15, 0.2) is 96.2 Å². The van der Waals surface area contributed by atoms with Crippen LogP contribution in [-0.4, -0.2) is 56.1 Å². The minimum absolute atomic E-state index is 0.262. The zero-order valence-electron chi connectivity index (χ0n) is 23.4. The number of sulfonamides is 1. The van der Waals surface area contributed by atoms with E-state index in [9.17, 15) is 8.42 Å². The molecule has 0 bridgehead atoms. The van der Waals surface area contributed by atoms with E-state index in [0.29, 0.717) is 49.5 Å². The van der Waals surface area contributed by atoms with E-state index in [0.717, 1.165) is 39.0 Å². The van der Waals surface area contributed by atoms with Crippen LogP contribution < -0.4 is 14.8 Å². The Hall–Kier alpha value is -4.22. The van der Waals surface area contributed by atoms with Gasteiger partial charge < -0.3 is 19.5 Å². The van der Waals surface area contributed by atoms with Gasteiger partial charge in [-0.05, 0) is 71.3 Å². The van der Waals surface area contributed by atoms with Crippen LogP contribution in [0.1, 0.15) is 5.56 Å². The van der Waals surface area contributed by atoms with Crippen molar-refractivity contribution >= 4 is 44.0 Å². The highest BCUT2D eigenvalue weighted by Gasteiger charge is 2.26. The third-order valence-electron chi connectivity index (χ3n) is 7.15. The van der Waals surface area contributed by atoms with Crippen molar-refractivity contribution in [2.75, 3.05) is 38.7 Å². The van der Waals surface area contributed by atoms with Gasteiger partial charge in [0.1, 0.15) is 30.3 Å². The van der Waals surface area contributed by atoms with Gasteiger partial charge in [0.2, 0.25) is 10.0 Å². The summed E-state index contributed by atoms with van der Waals surface area (Å²) < 4.78 is 44.0. The highest BCUT2D eigenvalue weighted by Crippen LogP contribution is 2.33. The highest BCUT2D eigenvalue weighted by atomic mass is 35.5. The minimum Gasteiger partial charge on any atom is -0.497 e. The van der Waals surface area contributed by atoms with E-state index in [1.807, 2.05) is 66.7 Å². The lowest BCUT2D eigenvalue weighted by atomic mass is 10.0. The second-order valence-corrected chi connectivity index (χ2v) is 12.3. The van der Waals surface area contributed by atoms with E-state index < -0.39 is 10.0 Å². The fraction of sp³-hybridized carbons (Fsp3) is 0.188. The average molecular weight is 617 g/mol. The SMILES string of the molecule is COc1cccc(COc2ccc(Nc3ncnc4ccc(-c5ccc(S(=O)(=O)N6CCOCC6)cc5)cc34)cc2Cl)c1. The molecule has 0 saturated carbocycles. The van der Waals surface area contributed by atoms with Gasteiger partial charge in [0.05, 0.1) is 35.8 Å². The van der Waals surface area contributed by atoms with Gasteiger partial charge in [0.25, 0.3) is 0 Å². The van der Waals surface area contributed by atoms with Crippen molar-refractivity contribution in [3.8, 4) is 22.6 Å². The Morgan fingerprint density at radius 1 is 0.930 bits per heavy atom. The number of hydrogen-bond acceptors (Lipinski definition) is 8. The molecule has 0 unspecified atom stereocenters. The number of methoxy groups -OCH3 is 1. The van der Waals surface area contributed by atoms with Crippen LogP contribution in [-0.2, 0) is 21.4 Å². The van der Waals surface area contributed by atoms with Gasteiger partial charge in [-0.3, -0.25) is 0 Å². The number of benzene rings is 4. The summed E-state index contributed by atoms with van der Waals surface area (Å²) >= 11 is 6.56. The maximum Gasteiger partial charge on any atom is 0.243 e. The molecular formula is C32H29ClN4O5S. The lowest BCUT2D eigenvalue weighted by molar-refractivity contribution is 0.0730. The third-order valence-corrected chi connectivity index (χ3v) is 9.36. The number of nitrogens with one attached hydrogen (secondary N) is 1. The van der Waals surface area contributed by atoms with Crippen molar-refractivity contribution in [1.29, 1.82) is 0 Å². The van der Waals surface area contributed by atoms with Crippen LogP contribution in [0.25, 0.3) is 22.0 Å². The molecule has 4 aromatic carbocycles. The Morgan fingerprint density at radius 3 is 2.49 bits per heavy atom. The van der Waals surface area contributed by atoms with Crippen LogP contribution in [0.5, 0.6) is 11.5 Å². The molecule has 1 fully saturated rings. The van der Waals surface area contributed by atoms with Crippen molar-refractivity contribution in [3.05, 3.63) is 102 Å². The first kappa shape index (κ1) is 28.9. The summed E-state index contributed by atoms with van der Waals surface area (Å²) in [4.78, 5) is 9.15. The Balaban J connectivity index is 1.20. The summed E-state index contributed by atoms with van der Waals surface area (Å²) in [5.74, 6) is 1.93. The largest absolute Gasteiger partial charge is 0.497 e. The molecule has 0 atom stereocenters. The van der Waals surface area contributed by atoms with Gasteiger partial charge >= 0.3 is 0 Å². The average Bonchev–Trinajstić information content (AvgIpc) is 3.05. The first-order valence-electron chi connectivity index (χ1n) is 13.7. The number of hydrogen-bond donors (Lipinski definition) is 1. The van der Waals surface area contributed by atoms with Crippen LogP contribution in [0.2, 0.25) is 5.02 Å². The Bertz CT molecular complexity index is 1860. The lowest BCUT2D eigenvalue weighted by Crippen LogP contribution is -2.40. The molecule has 6 rings (SSSR count). The van der Waals surface area contributed by atoms with Crippen molar-refractivity contribution < 1.29 is 22.6 Å². The molecule has 1 aromatic heterocycles. The molecule has 2 heterocycles. The van der Waals surface area contributed by atoms with Crippen LogP contribution in [0.4, 0.5) is 11.5 Å². The molecule has 11 heteroatoms. The summed E-state index contributed by atoms with van der Waals surface area (Å²) in [5, 5.41) is 4.61. The molecule has 43 heavy (non-hydrogen) atoms. The maximum atomic E-state index is 13.0. The Kier molecular flexibility index (Phi) is 8.44. The van der Waals surface area contributed by atoms with Crippen molar-refractivity contribution in [3.63, 3.8) is 0 Å². The number of anilines is 2. The van der Waals surface area contributed by atoms with Gasteiger partial charge in [-0.25, -0.2) is 18.4 Å². The highest BCUT2D eigenvalue weighted by molar-refractivity contribution is 7.89. The van der Waals surface area contributed by atoms with Gasteiger partial charge in [0, 0.05) is 24.2 Å². The summed E-state index contributed by atoms with van der Waals surface area (Å²) in [5.41, 5.74) is 4.24. The lowest BCUT2D eigenvalue weighted by Gasteiger charge is -2.26. The van der Waals surface area contributed by atoms with Crippen molar-refractivity contribution in [2.24, 2.45) is 0 Å². The molecule has 220 valence electrons. The monoisotopic (exact) mass is 616 g/mol. The maximum absolute atomic E-state index is 13.0. The standard InChI is InChI=1S/C32H29ClN4O5S/c1-40-26-4-2-3-22(17-26)20-42-31-12-8-25(19-29(31)33)36-32-28-18-24(7-11-30(28)34-21-35-32)23-5-9-27(10-6-23)43(38,39)37-13-15-41-16-14-37/h2-12,17-19,21H,13-16,20H2,1H3,(H,34,35,36). The number of rotatable bonds is 9. The van der Waals surface area contributed by atoms with Crippen molar-refractivity contribution in [1.82, 2.24) is 14.3 Å². The van der Waals surface area contributed by atoms with E-state index in [4.69, 9.17) is 25.8 Å². The number of halogens is 1. The van der Waals surface area contributed by atoms with E-state index in [1.54, 1.807) is 25.3 Å². The zero-order valence-corrected chi connectivity index (χ0v) is 24.9. The van der Waals surface area contributed by atoms with Gasteiger partial charge in [-0.2, -0.15) is 4.31 Å². The van der Waals surface area contributed by atoms with Gasteiger partial charge in [-0.1, -0.05) is 41.9 Å². The summed E-state index contributed by atoms with van der Waals surface area (Å²) in [6, 6.07) is 25.9. The number of ether oxygens (including phenoxy) is 3. The zero-order chi connectivity index (χ0) is 29.8. The number of aromatic nitrogens is 2. The Labute approximate surface area is 255 Å². The topological polar surface area (TPSA) is 103 Å². The molecule has 1 aliphatic rings. The first-order chi connectivity index (χ1) is 20.9. The predicted molar refractivity (Wildman–Crippen MR) is 167 cm³/mol. The van der Waals surface area contributed by atoms with Crippen molar-refractivity contribution in [2.45, 2.75) is 11.5 Å². The summed E-state index contributed by atoms with van der Waals surface area (Å²) in [6.07, 6.45) is 1.50. The molecule has 1 aliphatic heterocycles. The fourth-order valence-electron chi connectivity index (χ4n) is 4.85. The molecule has 1 saturated heterocycles. The smallest absolute Gasteiger partial charge is 0.243 e. The molecule has 0 spiro atoms. The predicted octanol–water partition coefficient (Wildman–Crippen LogP) is 6.30. The molecule has 1 N–H and O–H groups in total. The molecule has 0 aliphatic carbocycles. The molecule has 5 aromatic rings. The van der Waals surface area contributed by atoms with Crippen LogP contribution in [0, 0.1) is 0 Å². The fourth-order valence-corrected chi connectivity index (χ4v) is 6.49. The van der Waals surface area contributed by atoms with Gasteiger partial charge in [-0.15, -0.1) is 0 Å². The van der Waals surface area contributed by atoms with E-state index >= 15 is 0 Å². The van der Waals surface area contributed by atoms with Crippen LogP contribution in [0.3, 0.4) is 0 Å². The second kappa shape index (κ2) is 12.6. The van der Waals surface area contributed by atoms with E-state index in [1.165, 1.54) is 10.6 Å². The summed E-state index contributed by atoms with van der Waals surface area (Å²) in [6.45, 7) is 1.87. The molecule has 0 radical (unpaired) electrons. The second-order valence-electron chi connectivity index (χ2n) is 9.91. The number of nitrogens with zero attached hydrogens (tertiary/aromatic N) is 3. The molecule has 9 nitrogen and oxygen atoms in total. The van der Waals surface area contributed by atoms with E-state index in [2.05, 4.69) is 15.3 Å².